The molecule has 0 spiro atoms. The van der Waals surface area contributed by atoms with Gasteiger partial charge in [-0.3, -0.25) is 4.79 Å². The van der Waals surface area contributed by atoms with Gasteiger partial charge in [0.1, 0.15) is 0 Å². The summed E-state index contributed by atoms with van der Waals surface area (Å²) in [6.07, 6.45) is 0. The average molecular weight is 270 g/mol. The van der Waals surface area contributed by atoms with Crippen molar-refractivity contribution in [3.05, 3.63) is 28.8 Å². The summed E-state index contributed by atoms with van der Waals surface area (Å²) >= 11 is 6.02. The van der Waals surface area contributed by atoms with Crippen LogP contribution < -0.4 is 16.4 Å². The number of amides is 1. The van der Waals surface area contributed by atoms with Gasteiger partial charge >= 0.3 is 0 Å². The molecule has 0 fully saturated rings. The number of nitrogens with zero attached hydrogens (tertiary/aromatic N) is 1. The molecule has 0 atom stereocenters. The maximum absolute atomic E-state index is 11.1. The van der Waals surface area contributed by atoms with E-state index < -0.39 is 5.91 Å². The lowest BCUT2D eigenvalue weighted by molar-refractivity contribution is 0.100. The van der Waals surface area contributed by atoms with Gasteiger partial charge in [-0.25, -0.2) is 0 Å². The highest BCUT2D eigenvalue weighted by Crippen LogP contribution is 2.25. The summed E-state index contributed by atoms with van der Waals surface area (Å²) in [5.74, 6) is -0.517. The van der Waals surface area contributed by atoms with Crippen molar-refractivity contribution in [2.75, 3.05) is 25.0 Å². The Morgan fingerprint density at radius 2 is 2.06 bits per heavy atom. The quantitative estimate of drug-likeness (QED) is 0.857. The molecule has 0 saturated heterocycles. The molecular formula is C13H20ClN3O. The first-order valence-corrected chi connectivity index (χ1v) is 6.15. The SMILES string of the molecule is CN(CC(C)(C)CN)c1ccc(C(N)=O)c(Cl)c1. The van der Waals surface area contributed by atoms with Crippen molar-refractivity contribution in [1.29, 1.82) is 0 Å². The van der Waals surface area contributed by atoms with Gasteiger partial charge in [0.15, 0.2) is 0 Å². The van der Waals surface area contributed by atoms with Crippen molar-refractivity contribution in [2.24, 2.45) is 16.9 Å². The van der Waals surface area contributed by atoms with Gasteiger partial charge in [-0.2, -0.15) is 0 Å². The molecule has 0 heterocycles. The van der Waals surface area contributed by atoms with Crippen LogP contribution in [0.25, 0.3) is 0 Å². The second-order valence-electron chi connectivity index (χ2n) is 5.25. The molecule has 0 aliphatic carbocycles. The van der Waals surface area contributed by atoms with E-state index in [2.05, 4.69) is 18.7 Å². The summed E-state index contributed by atoms with van der Waals surface area (Å²) in [4.78, 5) is 13.1. The Kier molecular flexibility index (Phi) is 4.59. The first-order valence-electron chi connectivity index (χ1n) is 5.77. The second kappa shape index (κ2) is 5.59. The highest BCUT2D eigenvalue weighted by atomic mass is 35.5. The minimum absolute atomic E-state index is 0.0174. The van der Waals surface area contributed by atoms with Crippen LogP contribution >= 0.6 is 11.6 Å². The van der Waals surface area contributed by atoms with Gasteiger partial charge in [0.2, 0.25) is 5.91 Å². The summed E-state index contributed by atoms with van der Waals surface area (Å²) < 4.78 is 0. The Morgan fingerprint density at radius 3 is 2.50 bits per heavy atom. The van der Waals surface area contributed by atoms with Crippen molar-refractivity contribution in [3.63, 3.8) is 0 Å². The van der Waals surface area contributed by atoms with Gasteiger partial charge in [0, 0.05) is 19.3 Å². The smallest absolute Gasteiger partial charge is 0.250 e. The predicted octanol–water partition coefficient (Wildman–Crippen LogP) is 1.86. The van der Waals surface area contributed by atoms with Gasteiger partial charge in [-0.05, 0) is 30.2 Å². The number of primary amides is 1. The molecule has 0 saturated carbocycles. The lowest BCUT2D eigenvalue weighted by Gasteiger charge is -2.30. The van der Waals surface area contributed by atoms with Crippen molar-refractivity contribution in [1.82, 2.24) is 0 Å². The number of rotatable bonds is 5. The van der Waals surface area contributed by atoms with Crippen molar-refractivity contribution < 1.29 is 4.79 Å². The minimum Gasteiger partial charge on any atom is -0.374 e. The molecule has 1 aromatic carbocycles. The number of hydrogen-bond acceptors (Lipinski definition) is 3. The zero-order valence-corrected chi connectivity index (χ0v) is 11.8. The summed E-state index contributed by atoms with van der Waals surface area (Å²) in [5, 5.41) is 0.373. The standard InChI is InChI=1S/C13H20ClN3O/c1-13(2,7-15)8-17(3)9-4-5-10(12(16)18)11(14)6-9/h4-6H,7-8,15H2,1-3H3,(H2,16,18). The van der Waals surface area contributed by atoms with Crippen LogP contribution in [0.1, 0.15) is 24.2 Å². The topological polar surface area (TPSA) is 72.3 Å². The summed E-state index contributed by atoms with van der Waals surface area (Å²) in [6.45, 7) is 5.60. The van der Waals surface area contributed by atoms with E-state index in [9.17, 15) is 4.79 Å². The van der Waals surface area contributed by atoms with E-state index in [1.807, 2.05) is 13.1 Å². The maximum atomic E-state index is 11.1. The normalized spacial score (nSPS) is 11.4. The van der Waals surface area contributed by atoms with Gasteiger partial charge in [-0.1, -0.05) is 25.4 Å². The first-order chi connectivity index (χ1) is 8.26. The summed E-state index contributed by atoms with van der Waals surface area (Å²) in [6, 6.07) is 5.22. The van der Waals surface area contributed by atoms with E-state index >= 15 is 0 Å². The molecule has 1 aromatic rings. The molecule has 1 amide bonds. The molecule has 0 aliphatic heterocycles. The van der Waals surface area contributed by atoms with Gasteiger partial charge in [-0.15, -0.1) is 0 Å². The van der Waals surface area contributed by atoms with Crippen LogP contribution in [0.3, 0.4) is 0 Å². The van der Waals surface area contributed by atoms with Gasteiger partial charge < -0.3 is 16.4 Å². The monoisotopic (exact) mass is 269 g/mol. The molecule has 1 rings (SSSR count). The highest BCUT2D eigenvalue weighted by Gasteiger charge is 2.19. The number of halogens is 1. The molecule has 18 heavy (non-hydrogen) atoms. The summed E-state index contributed by atoms with van der Waals surface area (Å²) in [7, 11) is 1.97. The predicted molar refractivity (Wildman–Crippen MR) is 76.1 cm³/mol. The fourth-order valence-electron chi connectivity index (χ4n) is 1.74. The third-order valence-corrected chi connectivity index (χ3v) is 3.19. The lowest BCUT2D eigenvalue weighted by atomic mass is 9.93. The Labute approximate surface area is 113 Å². The van der Waals surface area contributed by atoms with E-state index in [0.717, 1.165) is 12.2 Å². The third kappa shape index (κ3) is 3.62. The molecule has 0 bridgehead atoms. The van der Waals surface area contributed by atoms with Crippen molar-refractivity contribution in [3.8, 4) is 0 Å². The Hall–Kier alpha value is -1.26. The van der Waals surface area contributed by atoms with Crippen molar-refractivity contribution in [2.45, 2.75) is 13.8 Å². The lowest BCUT2D eigenvalue weighted by Crippen LogP contribution is -2.36. The molecule has 0 unspecified atom stereocenters. The number of hydrogen-bond donors (Lipinski definition) is 2. The maximum Gasteiger partial charge on any atom is 0.250 e. The average Bonchev–Trinajstić information content (AvgIpc) is 2.27. The van der Waals surface area contributed by atoms with E-state index in [4.69, 9.17) is 23.1 Å². The van der Waals surface area contributed by atoms with E-state index in [1.165, 1.54) is 0 Å². The van der Waals surface area contributed by atoms with E-state index in [0.29, 0.717) is 17.1 Å². The molecule has 5 heteroatoms. The minimum atomic E-state index is -0.517. The molecule has 0 aromatic heterocycles. The van der Waals surface area contributed by atoms with Crippen LogP contribution in [0.4, 0.5) is 5.69 Å². The number of anilines is 1. The first kappa shape index (κ1) is 14.8. The highest BCUT2D eigenvalue weighted by molar-refractivity contribution is 6.34. The Morgan fingerprint density at radius 1 is 1.44 bits per heavy atom. The van der Waals surface area contributed by atoms with Crippen LogP contribution in [0.2, 0.25) is 5.02 Å². The number of carbonyl (C=O) groups is 1. The van der Waals surface area contributed by atoms with Crippen LogP contribution in [0.15, 0.2) is 18.2 Å². The zero-order valence-electron chi connectivity index (χ0n) is 11.0. The van der Waals surface area contributed by atoms with Gasteiger partial charge in [0.05, 0.1) is 10.6 Å². The molecule has 100 valence electrons. The zero-order chi connectivity index (χ0) is 13.9. The Bertz CT molecular complexity index is 446. The van der Waals surface area contributed by atoms with Crippen LogP contribution in [-0.4, -0.2) is 26.0 Å². The fraction of sp³-hybridized carbons (Fsp3) is 0.462. The second-order valence-corrected chi connectivity index (χ2v) is 5.66. The number of nitrogens with two attached hydrogens (primary N) is 2. The third-order valence-electron chi connectivity index (χ3n) is 2.88. The van der Waals surface area contributed by atoms with Crippen molar-refractivity contribution >= 4 is 23.2 Å². The van der Waals surface area contributed by atoms with Crippen LogP contribution in [0, 0.1) is 5.41 Å². The fourth-order valence-corrected chi connectivity index (χ4v) is 2.01. The van der Waals surface area contributed by atoms with E-state index in [1.54, 1.807) is 12.1 Å². The Balaban J connectivity index is 2.91. The largest absolute Gasteiger partial charge is 0.374 e. The summed E-state index contributed by atoms with van der Waals surface area (Å²) in [5.41, 5.74) is 12.2. The molecular weight excluding hydrogens is 250 g/mol. The van der Waals surface area contributed by atoms with Gasteiger partial charge in [0.25, 0.3) is 0 Å². The molecule has 0 radical (unpaired) electrons. The molecule has 4 nitrogen and oxygen atoms in total. The van der Waals surface area contributed by atoms with E-state index in [-0.39, 0.29) is 5.41 Å². The molecule has 4 N–H and O–H groups in total. The van der Waals surface area contributed by atoms with Crippen LogP contribution in [-0.2, 0) is 0 Å². The number of benzene rings is 1. The van der Waals surface area contributed by atoms with Crippen LogP contribution in [0.5, 0.6) is 0 Å². The number of carbonyl (C=O) groups excluding carboxylic acids is 1. The molecule has 0 aliphatic rings.